The lowest BCUT2D eigenvalue weighted by Gasteiger charge is -2.28. The average Bonchev–Trinajstić information content (AvgIpc) is 2.25. The van der Waals surface area contributed by atoms with Crippen molar-refractivity contribution in [3.8, 4) is 0 Å². The van der Waals surface area contributed by atoms with Gasteiger partial charge in [-0.2, -0.15) is 0 Å². The molecule has 0 radical (unpaired) electrons. The van der Waals surface area contributed by atoms with E-state index in [1.165, 1.54) is 5.56 Å². The van der Waals surface area contributed by atoms with Gasteiger partial charge in [0.25, 0.3) is 0 Å². The molecule has 0 fully saturated rings. The Balaban J connectivity index is 2.62. The number of carbonyl (C=O) groups is 1. The van der Waals surface area contributed by atoms with Crippen LogP contribution in [0.4, 0.5) is 4.79 Å². The summed E-state index contributed by atoms with van der Waals surface area (Å²) in [4.78, 5) is 13.6. The van der Waals surface area contributed by atoms with Crippen molar-refractivity contribution in [2.45, 2.75) is 45.8 Å². The van der Waals surface area contributed by atoms with E-state index in [1.807, 2.05) is 39.8 Å². The molecule has 1 aromatic carbocycles. The number of likely N-dealkylation sites (N-methyl/N-ethyl adjacent to an activating group) is 1. The van der Waals surface area contributed by atoms with E-state index in [-0.39, 0.29) is 12.1 Å². The second kappa shape index (κ2) is 6.42. The molecule has 1 aromatic rings. The van der Waals surface area contributed by atoms with Gasteiger partial charge in [-0.05, 0) is 51.8 Å². The van der Waals surface area contributed by atoms with Crippen molar-refractivity contribution in [2.24, 2.45) is 0 Å². The van der Waals surface area contributed by atoms with Crippen molar-refractivity contribution in [3.63, 3.8) is 0 Å². The third-order valence-corrected chi connectivity index (χ3v) is 3.26. The molecule has 106 valence electrons. The summed E-state index contributed by atoms with van der Waals surface area (Å²) in [6.45, 7) is 7.64. The summed E-state index contributed by atoms with van der Waals surface area (Å²) in [6.07, 6.45) is 0.518. The highest BCUT2D eigenvalue weighted by Crippen LogP contribution is 2.16. The predicted octanol–water partition coefficient (Wildman–Crippen LogP) is 4.25. The number of hydrogen-bond acceptors (Lipinski definition) is 2. The maximum atomic E-state index is 12.0. The molecular formula is C15H22BrNO2. The lowest BCUT2D eigenvalue weighted by atomic mass is 10.1. The maximum absolute atomic E-state index is 12.0. The average molecular weight is 328 g/mol. The zero-order valence-corrected chi connectivity index (χ0v) is 13.8. The first-order valence-corrected chi connectivity index (χ1v) is 7.18. The molecule has 0 spiro atoms. The van der Waals surface area contributed by atoms with Gasteiger partial charge in [-0.25, -0.2) is 4.79 Å². The minimum Gasteiger partial charge on any atom is -0.444 e. The monoisotopic (exact) mass is 327 g/mol. The molecule has 0 aliphatic heterocycles. The molecule has 0 heterocycles. The van der Waals surface area contributed by atoms with Crippen LogP contribution in [0.1, 0.15) is 33.3 Å². The first-order valence-electron chi connectivity index (χ1n) is 6.39. The largest absolute Gasteiger partial charge is 0.444 e. The first-order chi connectivity index (χ1) is 8.69. The number of ether oxygens (including phenoxy) is 1. The van der Waals surface area contributed by atoms with Gasteiger partial charge < -0.3 is 9.64 Å². The van der Waals surface area contributed by atoms with Crippen molar-refractivity contribution >= 4 is 22.0 Å². The van der Waals surface area contributed by atoms with E-state index in [4.69, 9.17) is 4.74 Å². The topological polar surface area (TPSA) is 29.5 Å². The summed E-state index contributed by atoms with van der Waals surface area (Å²) in [5.74, 6) is 0. The minimum atomic E-state index is -0.458. The summed E-state index contributed by atoms with van der Waals surface area (Å²) in [7, 11) is 1.77. The Labute approximate surface area is 124 Å². The number of carbonyl (C=O) groups excluding carboxylic acids is 1. The highest BCUT2D eigenvalue weighted by atomic mass is 79.9. The summed E-state index contributed by atoms with van der Waals surface area (Å²) in [5, 5.41) is 0. The number of nitrogens with zero attached hydrogens (tertiary/aromatic N) is 1. The van der Waals surface area contributed by atoms with Crippen LogP contribution in [0.25, 0.3) is 0 Å². The van der Waals surface area contributed by atoms with Crippen LogP contribution in [-0.4, -0.2) is 29.7 Å². The van der Waals surface area contributed by atoms with Crippen molar-refractivity contribution < 1.29 is 9.53 Å². The fourth-order valence-corrected chi connectivity index (χ4v) is 2.10. The van der Waals surface area contributed by atoms with Gasteiger partial charge in [-0.15, -0.1) is 0 Å². The second-order valence-corrected chi connectivity index (χ2v) is 6.69. The Bertz CT molecular complexity index is 440. The second-order valence-electron chi connectivity index (χ2n) is 5.77. The molecule has 4 heteroatoms. The van der Waals surface area contributed by atoms with Gasteiger partial charge in [0.15, 0.2) is 0 Å². The number of benzene rings is 1. The normalized spacial score (nSPS) is 12.9. The smallest absolute Gasteiger partial charge is 0.410 e. The molecule has 0 aromatic heterocycles. The molecule has 1 amide bonds. The van der Waals surface area contributed by atoms with Crippen molar-refractivity contribution in [2.75, 3.05) is 7.05 Å². The van der Waals surface area contributed by atoms with Crippen molar-refractivity contribution in [3.05, 3.63) is 34.3 Å². The molecule has 0 aliphatic carbocycles. The standard InChI is InChI=1S/C15H22BrNO2/c1-11(9-12-7-6-8-13(16)10-12)17(5)14(18)19-15(2,3)4/h6-8,10-11H,9H2,1-5H3/t11-/m0/s1. The fourth-order valence-electron chi connectivity index (χ4n) is 1.66. The number of hydrogen-bond donors (Lipinski definition) is 0. The molecule has 0 bridgehead atoms. The lowest BCUT2D eigenvalue weighted by molar-refractivity contribution is 0.0236. The quantitative estimate of drug-likeness (QED) is 0.830. The number of halogens is 1. The molecule has 0 aliphatic rings. The maximum Gasteiger partial charge on any atom is 0.410 e. The Hall–Kier alpha value is -1.03. The predicted molar refractivity (Wildman–Crippen MR) is 81.3 cm³/mol. The van der Waals surface area contributed by atoms with Crippen LogP contribution in [-0.2, 0) is 11.2 Å². The van der Waals surface area contributed by atoms with Gasteiger partial charge in [0.1, 0.15) is 5.60 Å². The molecule has 0 unspecified atom stereocenters. The highest BCUT2D eigenvalue weighted by Gasteiger charge is 2.22. The third kappa shape index (κ3) is 5.64. The molecule has 0 saturated carbocycles. The molecule has 1 atom stereocenters. The van der Waals surface area contributed by atoms with E-state index >= 15 is 0 Å². The van der Waals surface area contributed by atoms with Gasteiger partial charge in [0, 0.05) is 17.6 Å². The third-order valence-electron chi connectivity index (χ3n) is 2.76. The molecule has 19 heavy (non-hydrogen) atoms. The summed E-state index contributed by atoms with van der Waals surface area (Å²) in [6, 6.07) is 8.21. The Morgan fingerprint density at radius 1 is 1.42 bits per heavy atom. The zero-order valence-electron chi connectivity index (χ0n) is 12.2. The van der Waals surface area contributed by atoms with Crippen LogP contribution in [0.15, 0.2) is 28.7 Å². The van der Waals surface area contributed by atoms with Crippen LogP contribution in [0.5, 0.6) is 0 Å². The van der Waals surface area contributed by atoms with Crippen molar-refractivity contribution in [1.82, 2.24) is 4.90 Å². The first kappa shape index (κ1) is 16.0. The fraction of sp³-hybridized carbons (Fsp3) is 0.533. The highest BCUT2D eigenvalue weighted by molar-refractivity contribution is 9.10. The van der Waals surface area contributed by atoms with Crippen LogP contribution in [0.2, 0.25) is 0 Å². The molecular weight excluding hydrogens is 306 g/mol. The van der Waals surface area contributed by atoms with Crippen LogP contribution < -0.4 is 0 Å². The van der Waals surface area contributed by atoms with E-state index in [1.54, 1.807) is 11.9 Å². The minimum absolute atomic E-state index is 0.0872. The Morgan fingerprint density at radius 2 is 2.05 bits per heavy atom. The van der Waals surface area contributed by atoms with E-state index in [0.717, 1.165) is 10.9 Å². The summed E-state index contributed by atoms with van der Waals surface area (Å²) >= 11 is 3.45. The number of rotatable bonds is 3. The van der Waals surface area contributed by atoms with E-state index in [0.29, 0.717) is 0 Å². The van der Waals surface area contributed by atoms with E-state index < -0.39 is 5.60 Å². The van der Waals surface area contributed by atoms with Crippen molar-refractivity contribution in [1.29, 1.82) is 0 Å². The summed E-state index contributed by atoms with van der Waals surface area (Å²) < 4.78 is 6.41. The zero-order chi connectivity index (χ0) is 14.6. The molecule has 3 nitrogen and oxygen atoms in total. The van der Waals surface area contributed by atoms with Crippen LogP contribution in [0.3, 0.4) is 0 Å². The van der Waals surface area contributed by atoms with Gasteiger partial charge in [0.2, 0.25) is 0 Å². The molecule has 0 N–H and O–H groups in total. The van der Waals surface area contributed by atoms with E-state index in [9.17, 15) is 4.79 Å². The molecule has 1 rings (SSSR count). The molecule has 0 saturated heterocycles. The van der Waals surface area contributed by atoms with Gasteiger partial charge in [-0.3, -0.25) is 0 Å². The Morgan fingerprint density at radius 3 is 2.58 bits per heavy atom. The van der Waals surface area contributed by atoms with Gasteiger partial charge in [-0.1, -0.05) is 28.1 Å². The van der Waals surface area contributed by atoms with Crippen LogP contribution in [0, 0.1) is 0 Å². The van der Waals surface area contributed by atoms with Crippen LogP contribution >= 0.6 is 15.9 Å². The van der Waals surface area contributed by atoms with E-state index in [2.05, 4.69) is 28.1 Å². The SMILES string of the molecule is C[C@@H](Cc1cccc(Br)c1)N(C)C(=O)OC(C)(C)C. The van der Waals surface area contributed by atoms with Gasteiger partial charge in [0.05, 0.1) is 0 Å². The Kier molecular flexibility index (Phi) is 5.41. The lowest BCUT2D eigenvalue weighted by Crippen LogP contribution is -2.40. The summed E-state index contributed by atoms with van der Waals surface area (Å²) in [5.41, 5.74) is 0.734. The van der Waals surface area contributed by atoms with Gasteiger partial charge >= 0.3 is 6.09 Å². The number of amides is 1.